The second-order valence-electron chi connectivity index (χ2n) is 6.85. The van der Waals surface area contributed by atoms with Crippen molar-refractivity contribution >= 4 is 16.9 Å². The number of rotatable bonds is 1. The minimum Gasteiger partial charge on any atom is -0.362 e. The lowest BCUT2D eigenvalue weighted by molar-refractivity contribution is 0.315. The fourth-order valence-electron chi connectivity index (χ4n) is 2.47. The SMILES string of the molecule is CC(NC1=NCC2(CCCC2)CS1)C(C)(C)C. The second kappa shape index (κ2) is 4.83. The fraction of sp³-hybridized carbons (Fsp3) is 0.929. The second-order valence-corrected chi connectivity index (χ2v) is 7.81. The normalized spacial score (nSPS) is 25.8. The van der Waals surface area contributed by atoms with Gasteiger partial charge in [-0.2, -0.15) is 0 Å². The number of nitrogens with zero attached hydrogens (tertiary/aromatic N) is 1. The molecule has 17 heavy (non-hydrogen) atoms. The molecule has 98 valence electrons. The van der Waals surface area contributed by atoms with Gasteiger partial charge in [0.2, 0.25) is 0 Å². The molecule has 2 aliphatic rings. The molecule has 0 radical (unpaired) electrons. The summed E-state index contributed by atoms with van der Waals surface area (Å²) in [6, 6.07) is 0.478. The van der Waals surface area contributed by atoms with Crippen molar-refractivity contribution in [3.05, 3.63) is 0 Å². The van der Waals surface area contributed by atoms with E-state index in [2.05, 4.69) is 33.0 Å². The summed E-state index contributed by atoms with van der Waals surface area (Å²) in [5, 5.41) is 4.75. The highest BCUT2D eigenvalue weighted by molar-refractivity contribution is 8.13. The van der Waals surface area contributed by atoms with Crippen LogP contribution in [0.5, 0.6) is 0 Å². The topological polar surface area (TPSA) is 24.4 Å². The molecule has 1 N–H and O–H groups in total. The van der Waals surface area contributed by atoms with Crippen molar-refractivity contribution in [1.29, 1.82) is 0 Å². The molecule has 2 rings (SSSR count). The summed E-state index contributed by atoms with van der Waals surface area (Å²) in [6.45, 7) is 10.1. The van der Waals surface area contributed by atoms with Crippen molar-refractivity contribution in [2.75, 3.05) is 12.3 Å². The van der Waals surface area contributed by atoms with Crippen LogP contribution in [0.25, 0.3) is 0 Å². The van der Waals surface area contributed by atoms with E-state index in [1.807, 2.05) is 11.8 Å². The first kappa shape index (κ1) is 13.3. The maximum absolute atomic E-state index is 4.79. The molecular formula is C14H26N2S. The van der Waals surface area contributed by atoms with Gasteiger partial charge in [-0.05, 0) is 30.6 Å². The Morgan fingerprint density at radius 1 is 1.29 bits per heavy atom. The third kappa shape index (κ3) is 3.18. The average molecular weight is 254 g/mol. The van der Waals surface area contributed by atoms with Crippen LogP contribution in [0.2, 0.25) is 0 Å². The lowest BCUT2D eigenvalue weighted by atomic mass is 9.88. The van der Waals surface area contributed by atoms with E-state index >= 15 is 0 Å². The smallest absolute Gasteiger partial charge is 0.156 e. The maximum Gasteiger partial charge on any atom is 0.156 e. The van der Waals surface area contributed by atoms with Gasteiger partial charge >= 0.3 is 0 Å². The van der Waals surface area contributed by atoms with Gasteiger partial charge in [-0.3, -0.25) is 4.99 Å². The van der Waals surface area contributed by atoms with Crippen molar-refractivity contribution in [2.45, 2.75) is 59.4 Å². The zero-order valence-electron chi connectivity index (χ0n) is 11.7. The summed E-state index contributed by atoms with van der Waals surface area (Å²) in [6.07, 6.45) is 5.62. The van der Waals surface area contributed by atoms with Gasteiger partial charge in [0, 0.05) is 18.3 Å². The van der Waals surface area contributed by atoms with Gasteiger partial charge in [0.25, 0.3) is 0 Å². The van der Waals surface area contributed by atoms with Crippen LogP contribution in [0, 0.1) is 10.8 Å². The molecule has 0 saturated heterocycles. The van der Waals surface area contributed by atoms with Gasteiger partial charge in [0.05, 0.1) is 0 Å². The summed E-state index contributed by atoms with van der Waals surface area (Å²) in [5.74, 6) is 1.27. The minimum atomic E-state index is 0.297. The van der Waals surface area contributed by atoms with E-state index in [9.17, 15) is 0 Å². The molecule has 2 nitrogen and oxygen atoms in total. The third-order valence-corrected chi connectivity index (χ3v) is 5.65. The molecule has 3 heteroatoms. The number of hydrogen-bond acceptors (Lipinski definition) is 3. The van der Waals surface area contributed by atoms with Gasteiger partial charge in [0.15, 0.2) is 5.17 Å². The molecule has 1 spiro atoms. The molecule has 0 amide bonds. The summed E-state index contributed by atoms with van der Waals surface area (Å²) >= 11 is 1.94. The monoisotopic (exact) mass is 254 g/mol. The van der Waals surface area contributed by atoms with Crippen LogP contribution >= 0.6 is 11.8 Å². The van der Waals surface area contributed by atoms with Gasteiger partial charge < -0.3 is 5.32 Å². The highest BCUT2D eigenvalue weighted by Gasteiger charge is 2.36. The van der Waals surface area contributed by atoms with Crippen LogP contribution in [0.4, 0.5) is 0 Å². The first-order valence-corrected chi connectivity index (χ1v) is 7.84. The molecule has 0 aromatic heterocycles. The average Bonchev–Trinajstić information content (AvgIpc) is 2.69. The van der Waals surface area contributed by atoms with Crippen LogP contribution < -0.4 is 5.32 Å². The Labute approximate surface area is 110 Å². The molecule has 0 aromatic carbocycles. The Kier molecular flexibility index (Phi) is 3.77. The summed E-state index contributed by atoms with van der Waals surface area (Å²) in [7, 11) is 0. The molecular weight excluding hydrogens is 228 g/mol. The maximum atomic E-state index is 4.79. The molecule has 1 fully saturated rings. The summed E-state index contributed by atoms with van der Waals surface area (Å²) in [4.78, 5) is 4.79. The van der Waals surface area contributed by atoms with Gasteiger partial charge in [-0.15, -0.1) is 0 Å². The van der Waals surface area contributed by atoms with Crippen molar-refractivity contribution < 1.29 is 0 Å². The molecule has 1 aliphatic carbocycles. The first-order valence-electron chi connectivity index (χ1n) is 6.85. The Bertz CT molecular complexity index is 298. The number of amidine groups is 1. The molecule has 0 bridgehead atoms. The molecule has 1 atom stereocenters. The van der Waals surface area contributed by atoms with E-state index in [1.54, 1.807) is 0 Å². The van der Waals surface area contributed by atoms with Crippen molar-refractivity contribution in [2.24, 2.45) is 15.8 Å². The van der Waals surface area contributed by atoms with Crippen molar-refractivity contribution in [1.82, 2.24) is 5.32 Å². The van der Waals surface area contributed by atoms with E-state index in [0.717, 1.165) is 6.54 Å². The third-order valence-electron chi connectivity index (χ3n) is 4.38. The first-order chi connectivity index (χ1) is 7.91. The Morgan fingerprint density at radius 3 is 2.41 bits per heavy atom. The van der Waals surface area contributed by atoms with E-state index in [-0.39, 0.29) is 0 Å². The summed E-state index contributed by atoms with van der Waals surface area (Å²) in [5.41, 5.74) is 0.854. The summed E-state index contributed by atoms with van der Waals surface area (Å²) < 4.78 is 0. The van der Waals surface area contributed by atoms with Crippen LogP contribution in [-0.4, -0.2) is 23.5 Å². The number of hydrogen-bond donors (Lipinski definition) is 1. The molecule has 0 aromatic rings. The predicted molar refractivity (Wildman–Crippen MR) is 77.7 cm³/mol. The highest BCUT2D eigenvalue weighted by atomic mass is 32.2. The van der Waals surface area contributed by atoms with E-state index in [1.165, 1.54) is 36.6 Å². The highest BCUT2D eigenvalue weighted by Crippen LogP contribution is 2.43. The quantitative estimate of drug-likeness (QED) is 0.772. The van der Waals surface area contributed by atoms with Crippen molar-refractivity contribution in [3.63, 3.8) is 0 Å². The zero-order chi connectivity index (χ0) is 12.5. The Hall–Kier alpha value is -0.180. The van der Waals surface area contributed by atoms with Gasteiger partial charge in [-0.25, -0.2) is 0 Å². The van der Waals surface area contributed by atoms with Gasteiger partial charge in [0.1, 0.15) is 0 Å². The number of thioether (sulfide) groups is 1. The van der Waals surface area contributed by atoms with Gasteiger partial charge in [-0.1, -0.05) is 45.4 Å². The minimum absolute atomic E-state index is 0.297. The lowest BCUT2D eigenvalue weighted by Gasteiger charge is -2.34. The van der Waals surface area contributed by atoms with E-state index in [4.69, 9.17) is 4.99 Å². The van der Waals surface area contributed by atoms with E-state index in [0.29, 0.717) is 16.9 Å². The number of aliphatic imine (C=N–C) groups is 1. The Morgan fingerprint density at radius 2 is 1.94 bits per heavy atom. The molecule has 1 aliphatic heterocycles. The number of nitrogens with one attached hydrogen (secondary N) is 1. The lowest BCUT2D eigenvalue weighted by Crippen LogP contribution is -2.43. The van der Waals surface area contributed by atoms with Crippen molar-refractivity contribution in [3.8, 4) is 0 Å². The van der Waals surface area contributed by atoms with Crippen LogP contribution in [-0.2, 0) is 0 Å². The zero-order valence-corrected chi connectivity index (χ0v) is 12.5. The standard InChI is InChI=1S/C14H26N2S/c1-11(13(2,3)4)16-12-15-9-14(10-17-12)7-5-6-8-14/h11H,5-10H2,1-4H3,(H,15,16). The predicted octanol–water partition coefficient (Wildman–Crippen LogP) is 3.67. The van der Waals surface area contributed by atoms with Crippen LogP contribution in [0.15, 0.2) is 4.99 Å². The fourth-order valence-corrected chi connectivity index (χ4v) is 3.71. The Balaban J connectivity index is 1.90. The largest absolute Gasteiger partial charge is 0.362 e. The molecule has 1 saturated carbocycles. The van der Waals surface area contributed by atoms with Crippen LogP contribution in [0.3, 0.4) is 0 Å². The molecule has 1 heterocycles. The molecule has 1 unspecified atom stereocenters. The van der Waals surface area contributed by atoms with E-state index < -0.39 is 0 Å². The van der Waals surface area contributed by atoms with Crippen LogP contribution in [0.1, 0.15) is 53.4 Å².